The summed E-state index contributed by atoms with van der Waals surface area (Å²) in [7, 11) is 0. The summed E-state index contributed by atoms with van der Waals surface area (Å²) in [6.07, 6.45) is 6.08. The molecule has 3 N–H and O–H groups in total. The van der Waals surface area contributed by atoms with Crippen LogP contribution >= 0.6 is 23.4 Å². The van der Waals surface area contributed by atoms with Gasteiger partial charge in [-0.25, -0.2) is 4.39 Å². The highest BCUT2D eigenvalue weighted by Crippen LogP contribution is 2.53. The molecule has 23 heavy (non-hydrogen) atoms. The van der Waals surface area contributed by atoms with Crippen molar-refractivity contribution in [1.29, 1.82) is 0 Å². The summed E-state index contributed by atoms with van der Waals surface area (Å²) in [5.41, 5.74) is 5.07. The Morgan fingerprint density at radius 1 is 1.13 bits per heavy atom. The average molecular weight is 361 g/mol. The Kier molecular flexibility index (Phi) is 4.34. The van der Waals surface area contributed by atoms with Crippen molar-refractivity contribution >= 4 is 29.2 Å². The maximum Gasteiger partial charge on any atom is 0.130 e. The van der Waals surface area contributed by atoms with Crippen molar-refractivity contribution < 1.29 is 9.50 Å². The van der Waals surface area contributed by atoms with Crippen molar-refractivity contribution in [3.05, 3.63) is 0 Å². The largest absolute Gasteiger partial charge is 0.385 e. The van der Waals surface area contributed by atoms with E-state index >= 15 is 0 Å². The Morgan fingerprint density at radius 3 is 2.65 bits per heavy atom. The standard InChI is InChI=1S/C17H26ClFN2OS/c18-9-1-5-14-12(7-9)17(22,16(20)21-14)13-8-10(19)2-6-15(13)23-11-3-4-11/h9-15,22H,1-8H2,(H2,20,21). The maximum atomic E-state index is 14.2. The molecule has 1 heterocycles. The van der Waals surface area contributed by atoms with Gasteiger partial charge in [-0.15, -0.1) is 11.6 Å². The number of thioether (sulfide) groups is 1. The van der Waals surface area contributed by atoms with E-state index in [1.54, 1.807) is 0 Å². The third-order valence-corrected chi connectivity index (χ3v) is 8.38. The van der Waals surface area contributed by atoms with Crippen molar-refractivity contribution in [1.82, 2.24) is 0 Å². The number of aliphatic hydroxyl groups is 1. The van der Waals surface area contributed by atoms with Gasteiger partial charge < -0.3 is 10.8 Å². The van der Waals surface area contributed by atoms with E-state index in [0.717, 1.165) is 25.7 Å². The lowest BCUT2D eigenvalue weighted by Crippen LogP contribution is -2.59. The first-order valence-corrected chi connectivity index (χ1v) is 10.4. The molecule has 0 aromatic heterocycles. The van der Waals surface area contributed by atoms with Crippen LogP contribution in [0.1, 0.15) is 51.4 Å². The summed E-state index contributed by atoms with van der Waals surface area (Å²) in [6.45, 7) is 0. The minimum atomic E-state index is -1.16. The number of hydrogen-bond donors (Lipinski definition) is 2. The predicted molar refractivity (Wildman–Crippen MR) is 94.0 cm³/mol. The van der Waals surface area contributed by atoms with Crippen LogP contribution in [0.3, 0.4) is 0 Å². The monoisotopic (exact) mass is 360 g/mol. The fraction of sp³-hybridized carbons (Fsp3) is 0.941. The lowest BCUT2D eigenvalue weighted by Gasteiger charge is -2.46. The van der Waals surface area contributed by atoms with E-state index < -0.39 is 11.8 Å². The zero-order valence-corrected chi connectivity index (χ0v) is 14.9. The lowest BCUT2D eigenvalue weighted by atomic mass is 9.65. The number of nitrogens with zero attached hydrogens (tertiary/aromatic N) is 1. The van der Waals surface area contributed by atoms with E-state index in [2.05, 4.69) is 4.99 Å². The molecule has 0 saturated heterocycles. The van der Waals surface area contributed by atoms with Gasteiger partial charge in [0.15, 0.2) is 0 Å². The molecule has 4 aliphatic rings. The van der Waals surface area contributed by atoms with Crippen LogP contribution < -0.4 is 5.73 Å². The van der Waals surface area contributed by atoms with Crippen molar-refractivity contribution in [2.75, 3.05) is 0 Å². The molecular formula is C17H26ClFN2OS. The molecule has 4 rings (SSSR count). The van der Waals surface area contributed by atoms with Gasteiger partial charge in [0.05, 0.1) is 6.04 Å². The quantitative estimate of drug-likeness (QED) is 0.759. The first kappa shape index (κ1) is 16.5. The molecule has 0 radical (unpaired) electrons. The van der Waals surface area contributed by atoms with Gasteiger partial charge in [-0.1, -0.05) is 0 Å². The normalized spacial score (nSPS) is 50.5. The number of rotatable bonds is 3. The van der Waals surface area contributed by atoms with Crippen LogP contribution in [-0.4, -0.2) is 44.6 Å². The molecule has 3 aliphatic carbocycles. The smallest absolute Gasteiger partial charge is 0.130 e. The third-order valence-electron chi connectivity index (χ3n) is 6.21. The van der Waals surface area contributed by atoms with Crippen LogP contribution in [0, 0.1) is 11.8 Å². The molecular weight excluding hydrogens is 335 g/mol. The van der Waals surface area contributed by atoms with Gasteiger partial charge in [0.2, 0.25) is 0 Å². The molecule has 0 aromatic rings. The number of alkyl halides is 2. The molecule has 3 fully saturated rings. The molecule has 0 aromatic carbocycles. The second-order valence-electron chi connectivity index (χ2n) is 7.81. The zero-order chi connectivity index (χ0) is 16.2. The highest BCUT2D eigenvalue weighted by molar-refractivity contribution is 8.00. The average Bonchev–Trinajstić information content (AvgIpc) is 3.29. The molecule has 7 unspecified atom stereocenters. The van der Waals surface area contributed by atoms with Crippen molar-refractivity contribution in [2.45, 2.75) is 85.1 Å². The molecule has 7 atom stereocenters. The van der Waals surface area contributed by atoms with Gasteiger partial charge in [-0.2, -0.15) is 11.8 Å². The Morgan fingerprint density at radius 2 is 1.91 bits per heavy atom. The topological polar surface area (TPSA) is 58.6 Å². The molecule has 0 bridgehead atoms. The highest BCUT2D eigenvalue weighted by Gasteiger charge is 2.59. The zero-order valence-electron chi connectivity index (χ0n) is 13.3. The van der Waals surface area contributed by atoms with Crippen LogP contribution in [0.15, 0.2) is 4.99 Å². The fourth-order valence-electron chi connectivity index (χ4n) is 4.84. The number of nitrogens with two attached hydrogens (primary N) is 1. The summed E-state index contributed by atoms with van der Waals surface area (Å²) in [6, 6.07) is 0.0709. The van der Waals surface area contributed by atoms with Crippen LogP contribution in [0.5, 0.6) is 0 Å². The molecule has 1 aliphatic heterocycles. The minimum absolute atomic E-state index is 0.0312. The Balaban J connectivity index is 1.62. The Hall–Kier alpha value is -0.0000000000000000555. The summed E-state index contributed by atoms with van der Waals surface area (Å²) in [4.78, 5) is 4.58. The molecule has 0 spiro atoms. The van der Waals surface area contributed by atoms with Crippen LogP contribution in [0.2, 0.25) is 0 Å². The van der Waals surface area contributed by atoms with E-state index in [9.17, 15) is 9.50 Å². The summed E-state index contributed by atoms with van der Waals surface area (Å²) < 4.78 is 14.2. The number of halogens is 2. The second-order valence-corrected chi connectivity index (χ2v) is 9.98. The van der Waals surface area contributed by atoms with E-state index in [1.807, 2.05) is 11.8 Å². The third kappa shape index (κ3) is 2.91. The molecule has 130 valence electrons. The van der Waals surface area contributed by atoms with Crippen molar-refractivity contribution in [3.8, 4) is 0 Å². The highest BCUT2D eigenvalue weighted by atomic mass is 35.5. The lowest BCUT2D eigenvalue weighted by molar-refractivity contribution is -0.0368. The maximum absolute atomic E-state index is 14.2. The molecule has 6 heteroatoms. The number of amidine groups is 1. The van der Waals surface area contributed by atoms with Crippen LogP contribution in [0.25, 0.3) is 0 Å². The van der Waals surface area contributed by atoms with E-state index in [-0.39, 0.29) is 23.3 Å². The molecule has 0 amide bonds. The molecule has 3 nitrogen and oxygen atoms in total. The van der Waals surface area contributed by atoms with Gasteiger partial charge in [-0.05, 0) is 51.4 Å². The minimum Gasteiger partial charge on any atom is -0.385 e. The summed E-state index contributed by atoms with van der Waals surface area (Å²) in [5.74, 6) is 0.188. The van der Waals surface area contributed by atoms with Crippen LogP contribution in [0.4, 0.5) is 4.39 Å². The Labute approximate surface area is 146 Å². The summed E-state index contributed by atoms with van der Waals surface area (Å²) in [5, 5.41) is 12.7. The van der Waals surface area contributed by atoms with Gasteiger partial charge >= 0.3 is 0 Å². The van der Waals surface area contributed by atoms with Gasteiger partial charge in [0.1, 0.15) is 17.6 Å². The van der Waals surface area contributed by atoms with Crippen LogP contribution in [-0.2, 0) is 0 Å². The first-order chi connectivity index (χ1) is 11.0. The van der Waals surface area contributed by atoms with Gasteiger partial charge in [0.25, 0.3) is 0 Å². The number of fused-ring (bicyclic) bond motifs is 1. The second kappa shape index (κ2) is 6.06. The van der Waals surface area contributed by atoms with Crippen molar-refractivity contribution in [2.24, 2.45) is 22.6 Å². The molecule has 3 saturated carbocycles. The van der Waals surface area contributed by atoms with E-state index in [1.165, 1.54) is 12.8 Å². The Bertz CT molecular complexity index is 503. The van der Waals surface area contributed by atoms with E-state index in [4.69, 9.17) is 17.3 Å². The number of aliphatic imine (C=N–C) groups is 1. The summed E-state index contributed by atoms with van der Waals surface area (Å²) >= 11 is 8.33. The predicted octanol–water partition coefficient (Wildman–Crippen LogP) is 3.27. The van der Waals surface area contributed by atoms with E-state index in [0.29, 0.717) is 29.2 Å². The fourth-order valence-corrected chi connectivity index (χ4v) is 6.84. The van der Waals surface area contributed by atoms with Gasteiger partial charge in [-0.3, -0.25) is 4.99 Å². The SMILES string of the molecule is NC1=NC2CCC(Cl)CC2C1(O)C1CC(F)CCC1SC1CC1. The first-order valence-electron chi connectivity index (χ1n) is 8.98. The van der Waals surface area contributed by atoms with Crippen molar-refractivity contribution in [3.63, 3.8) is 0 Å². The number of hydrogen-bond acceptors (Lipinski definition) is 4. The van der Waals surface area contributed by atoms with Gasteiger partial charge in [0, 0.05) is 27.7 Å².